The van der Waals surface area contributed by atoms with E-state index in [0.717, 1.165) is 23.6 Å². The van der Waals surface area contributed by atoms with Gasteiger partial charge < -0.3 is 9.73 Å². The summed E-state index contributed by atoms with van der Waals surface area (Å²) in [5.41, 5.74) is 0.934. The second-order valence-corrected chi connectivity index (χ2v) is 4.37. The Morgan fingerprint density at radius 2 is 2.00 bits per heavy atom. The van der Waals surface area contributed by atoms with Gasteiger partial charge in [-0.15, -0.1) is 0 Å². The lowest BCUT2D eigenvalue weighted by Gasteiger charge is -2.08. The van der Waals surface area contributed by atoms with E-state index < -0.39 is 0 Å². The van der Waals surface area contributed by atoms with Gasteiger partial charge in [0.1, 0.15) is 11.5 Å². The molecule has 0 saturated carbocycles. The maximum atomic E-state index is 6.13. The van der Waals surface area contributed by atoms with Crippen LogP contribution in [0.1, 0.15) is 25.6 Å². The van der Waals surface area contributed by atoms with Crippen LogP contribution < -0.4 is 5.32 Å². The van der Waals surface area contributed by atoms with Gasteiger partial charge in [0.15, 0.2) is 0 Å². The monoisotopic (exact) mass is 249 g/mol. The maximum absolute atomic E-state index is 6.13. The molecular weight excluding hydrogens is 234 g/mol. The first kappa shape index (κ1) is 12.2. The number of furan rings is 1. The minimum atomic E-state index is 0.219. The Bertz CT molecular complexity index is 492. The van der Waals surface area contributed by atoms with E-state index >= 15 is 0 Å². The topological polar surface area (TPSA) is 25.2 Å². The molecule has 0 amide bonds. The molecule has 0 spiro atoms. The molecule has 0 aliphatic carbocycles. The lowest BCUT2D eigenvalue weighted by Crippen LogP contribution is -2.16. The Balaban J connectivity index is 2.27. The molecule has 1 aromatic heterocycles. The van der Waals surface area contributed by atoms with Crippen LogP contribution in [0.4, 0.5) is 0 Å². The van der Waals surface area contributed by atoms with Gasteiger partial charge in [0.2, 0.25) is 0 Å². The molecule has 0 aliphatic rings. The van der Waals surface area contributed by atoms with E-state index in [4.69, 9.17) is 16.0 Å². The van der Waals surface area contributed by atoms with Crippen LogP contribution in [0.3, 0.4) is 0 Å². The average Bonchev–Trinajstić information content (AvgIpc) is 2.79. The molecular formula is C14H16ClNO. The van der Waals surface area contributed by atoms with Crippen LogP contribution in [0, 0.1) is 0 Å². The lowest BCUT2D eigenvalue weighted by atomic mass is 10.2. The minimum Gasteiger partial charge on any atom is -0.459 e. The molecule has 2 nitrogen and oxygen atoms in total. The molecule has 0 saturated heterocycles. The van der Waals surface area contributed by atoms with E-state index in [-0.39, 0.29) is 6.04 Å². The average molecular weight is 250 g/mol. The second kappa shape index (κ2) is 5.39. The second-order valence-electron chi connectivity index (χ2n) is 3.96. The molecule has 2 rings (SSSR count). The first-order valence-corrected chi connectivity index (χ1v) is 6.18. The van der Waals surface area contributed by atoms with Crippen LogP contribution in [-0.4, -0.2) is 6.54 Å². The maximum Gasteiger partial charge on any atom is 0.135 e. The van der Waals surface area contributed by atoms with E-state index in [1.807, 2.05) is 36.4 Å². The first-order valence-electron chi connectivity index (χ1n) is 5.80. The van der Waals surface area contributed by atoms with Gasteiger partial charge >= 0.3 is 0 Å². The summed E-state index contributed by atoms with van der Waals surface area (Å²) in [4.78, 5) is 0. The number of hydrogen-bond acceptors (Lipinski definition) is 2. The van der Waals surface area contributed by atoms with Crippen molar-refractivity contribution in [1.29, 1.82) is 0 Å². The molecule has 0 aliphatic heterocycles. The van der Waals surface area contributed by atoms with Gasteiger partial charge in [0.05, 0.1) is 11.1 Å². The highest BCUT2D eigenvalue weighted by Gasteiger charge is 2.11. The van der Waals surface area contributed by atoms with Crippen LogP contribution in [0.25, 0.3) is 11.3 Å². The molecule has 3 heteroatoms. The molecule has 17 heavy (non-hydrogen) atoms. The SMILES string of the molecule is CCNC(C)c1ccc(-c2ccccc2Cl)o1. The Hall–Kier alpha value is -1.25. The predicted molar refractivity (Wildman–Crippen MR) is 71.2 cm³/mol. The van der Waals surface area contributed by atoms with Crippen molar-refractivity contribution < 1.29 is 4.42 Å². The third-order valence-corrected chi connectivity index (χ3v) is 3.03. The van der Waals surface area contributed by atoms with Crippen molar-refractivity contribution in [2.45, 2.75) is 19.9 Å². The summed E-state index contributed by atoms with van der Waals surface area (Å²) in [6.07, 6.45) is 0. The van der Waals surface area contributed by atoms with Crippen molar-refractivity contribution in [2.75, 3.05) is 6.54 Å². The molecule has 0 radical (unpaired) electrons. The highest BCUT2D eigenvalue weighted by molar-refractivity contribution is 6.33. The van der Waals surface area contributed by atoms with E-state index in [2.05, 4.69) is 19.2 Å². The molecule has 1 unspecified atom stereocenters. The number of nitrogens with one attached hydrogen (secondary N) is 1. The smallest absolute Gasteiger partial charge is 0.135 e. The Kier molecular flexibility index (Phi) is 3.87. The molecule has 1 aromatic carbocycles. The first-order chi connectivity index (χ1) is 8.22. The van der Waals surface area contributed by atoms with Gasteiger partial charge in [-0.25, -0.2) is 0 Å². The number of rotatable bonds is 4. The summed E-state index contributed by atoms with van der Waals surface area (Å²) in [7, 11) is 0. The quantitative estimate of drug-likeness (QED) is 0.875. The molecule has 1 atom stereocenters. The van der Waals surface area contributed by atoms with Gasteiger partial charge in [-0.2, -0.15) is 0 Å². The Labute approximate surface area is 107 Å². The number of halogens is 1. The minimum absolute atomic E-state index is 0.219. The van der Waals surface area contributed by atoms with Crippen LogP contribution in [0.2, 0.25) is 5.02 Å². The molecule has 2 aromatic rings. The van der Waals surface area contributed by atoms with Crippen molar-refractivity contribution >= 4 is 11.6 Å². The molecule has 1 N–H and O–H groups in total. The standard InChI is InChI=1S/C14H16ClNO/c1-3-16-10(2)13-8-9-14(17-13)11-6-4-5-7-12(11)15/h4-10,16H,3H2,1-2H3. The van der Waals surface area contributed by atoms with E-state index in [1.165, 1.54) is 0 Å². The van der Waals surface area contributed by atoms with E-state index in [0.29, 0.717) is 5.02 Å². The van der Waals surface area contributed by atoms with Gasteiger partial charge in [-0.1, -0.05) is 30.7 Å². The number of benzene rings is 1. The zero-order valence-corrected chi connectivity index (χ0v) is 10.8. The van der Waals surface area contributed by atoms with Crippen molar-refractivity contribution in [3.63, 3.8) is 0 Å². The summed E-state index contributed by atoms with van der Waals surface area (Å²) in [6.45, 7) is 5.08. The van der Waals surface area contributed by atoms with E-state index in [9.17, 15) is 0 Å². The fraction of sp³-hybridized carbons (Fsp3) is 0.286. The molecule has 90 valence electrons. The van der Waals surface area contributed by atoms with Gasteiger partial charge in [-0.3, -0.25) is 0 Å². The molecule has 0 bridgehead atoms. The fourth-order valence-corrected chi connectivity index (χ4v) is 2.03. The lowest BCUT2D eigenvalue weighted by molar-refractivity contribution is 0.445. The van der Waals surface area contributed by atoms with Crippen molar-refractivity contribution in [3.8, 4) is 11.3 Å². The predicted octanol–water partition coefficient (Wildman–Crippen LogP) is 4.27. The van der Waals surface area contributed by atoms with Crippen molar-refractivity contribution in [1.82, 2.24) is 5.32 Å². The zero-order chi connectivity index (χ0) is 12.3. The largest absolute Gasteiger partial charge is 0.459 e. The van der Waals surface area contributed by atoms with Gasteiger partial charge in [0.25, 0.3) is 0 Å². The van der Waals surface area contributed by atoms with Crippen LogP contribution in [0.15, 0.2) is 40.8 Å². The third kappa shape index (κ3) is 2.71. The Morgan fingerprint density at radius 1 is 1.24 bits per heavy atom. The molecule has 0 fully saturated rings. The number of hydrogen-bond donors (Lipinski definition) is 1. The third-order valence-electron chi connectivity index (χ3n) is 2.70. The summed E-state index contributed by atoms with van der Waals surface area (Å²) >= 11 is 6.13. The summed E-state index contributed by atoms with van der Waals surface area (Å²) in [6, 6.07) is 11.9. The van der Waals surface area contributed by atoms with Gasteiger partial charge in [0, 0.05) is 5.56 Å². The van der Waals surface area contributed by atoms with Crippen LogP contribution in [0.5, 0.6) is 0 Å². The summed E-state index contributed by atoms with van der Waals surface area (Å²) in [5.74, 6) is 1.75. The fourth-order valence-electron chi connectivity index (χ4n) is 1.80. The molecule has 1 heterocycles. The Morgan fingerprint density at radius 3 is 2.71 bits per heavy atom. The zero-order valence-electron chi connectivity index (χ0n) is 10.0. The van der Waals surface area contributed by atoms with Gasteiger partial charge in [-0.05, 0) is 37.7 Å². The van der Waals surface area contributed by atoms with Crippen molar-refractivity contribution in [2.24, 2.45) is 0 Å². The highest BCUT2D eigenvalue weighted by Crippen LogP contribution is 2.30. The van der Waals surface area contributed by atoms with Crippen LogP contribution in [-0.2, 0) is 0 Å². The summed E-state index contributed by atoms with van der Waals surface area (Å²) < 4.78 is 5.82. The normalized spacial score (nSPS) is 12.6. The van der Waals surface area contributed by atoms with E-state index in [1.54, 1.807) is 0 Å². The van der Waals surface area contributed by atoms with Crippen molar-refractivity contribution in [3.05, 3.63) is 47.2 Å². The summed E-state index contributed by atoms with van der Waals surface area (Å²) in [5, 5.41) is 4.03. The highest BCUT2D eigenvalue weighted by atomic mass is 35.5. The van der Waals surface area contributed by atoms with Crippen LogP contribution >= 0.6 is 11.6 Å².